The van der Waals surface area contributed by atoms with Gasteiger partial charge < -0.3 is 5.32 Å². The Kier molecular flexibility index (Phi) is 5.37. The molecule has 0 radical (unpaired) electrons. The van der Waals surface area contributed by atoms with Crippen LogP contribution < -0.4 is 5.32 Å². The number of benzene rings is 1. The van der Waals surface area contributed by atoms with Crippen molar-refractivity contribution in [1.82, 2.24) is 9.62 Å². The number of sulfonamides is 1. The molecule has 0 bridgehead atoms. The van der Waals surface area contributed by atoms with Crippen LogP contribution in [0.25, 0.3) is 0 Å². The van der Waals surface area contributed by atoms with Crippen molar-refractivity contribution < 1.29 is 8.42 Å². The Labute approximate surface area is 137 Å². The molecule has 8 heteroatoms. The van der Waals surface area contributed by atoms with E-state index in [1.807, 2.05) is 7.05 Å². The van der Waals surface area contributed by atoms with Crippen LogP contribution in [-0.4, -0.2) is 38.9 Å². The highest BCUT2D eigenvalue weighted by atomic mass is 79.9. The second kappa shape index (κ2) is 6.50. The van der Waals surface area contributed by atoms with E-state index in [2.05, 4.69) is 21.2 Å². The van der Waals surface area contributed by atoms with Crippen LogP contribution in [0.2, 0.25) is 10.0 Å². The van der Waals surface area contributed by atoms with Gasteiger partial charge >= 0.3 is 0 Å². The van der Waals surface area contributed by atoms with Gasteiger partial charge in [-0.3, -0.25) is 0 Å². The van der Waals surface area contributed by atoms with Crippen LogP contribution in [0.3, 0.4) is 0 Å². The Morgan fingerprint density at radius 1 is 1.35 bits per heavy atom. The lowest BCUT2D eigenvalue weighted by atomic mass is 10.1. The quantitative estimate of drug-likeness (QED) is 0.846. The Bertz CT molecular complexity index is 586. The molecule has 4 nitrogen and oxygen atoms in total. The standard InChI is InChI=1S/C12H15BrCl2N2O2S/c1-16-9-3-2-4-17(7-9)20(18,19)12-10(14)5-8(13)6-11(12)15/h5-6,9,16H,2-4,7H2,1H3. The second-order valence-corrected chi connectivity index (χ2v) is 8.29. The Balaban J connectivity index is 2.40. The Morgan fingerprint density at radius 3 is 2.50 bits per heavy atom. The van der Waals surface area contributed by atoms with Crippen molar-refractivity contribution >= 4 is 49.2 Å². The molecule has 1 fully saturated rings. The van der Waals surface area contributed by atoms with Crippen molar-refractivity contribution in [3.8, 4) is 0 Å². The fourth-order valence-corrected chi connectivity index (χ4v) is 5.71. The van der Waals surface area contributed by atoms with E-state index in [4.69, 9.17) is 23.2 Å². The van der Waals surface area contributed by atoms with Gasteiger partial charge in [-0.1, -0.05) is 39.1 Å². The summed E-state index contributed by atoms with van der Waals surface area (Å²) in [6, 6.07) is 3.24. The maximum Gasteiger partial charge on any atom is 0.246 e. The van der Waals surface area contributed by atoms with Gasteiger partial charge in [0.15, 0.2) is 0 Å². The lowest BCUT2D eigenvalue weighted by Crippen LogP contribution is -2.46. The van der Waals surface area contributed by atoms with Gasteiger partial charge in [0.1, 0.15) is 4.90 Å². The van der Waals surface area contributed by atoms with Crippen molar-refractivity contribution in [3.05, 3.63) is 26.7 Å². The highest BCUT2D eigenvalue weighted by Gasteiger charge is 2.32. The number of nitrogens with one attached hydrogen (secondary N) is 1. The van der Waals surface area contributed by atoms with Gasteiger partial charge in [-0.15, -0.1) is 0 Å². The number of rotatable bonds is 3. The van der Waals surface area contributed by atoms with E-state index >= 15 is 0 Å². The van der Waals surface area contributed by atoms with Crippen molar-refractivity contribution in [2.45, 2.75) is 23.8 Å². The van der Waals surface area contributed by atoms with Gasteiger partial charge in [0.2, 0.25) is 10.0 Å². The number of hydrogen-bond acceptors (Lipinski definition) is 3. The minimum absolute atomic E-state index is 0.0132. The van der Waals surface area contributed by atoms with Crippen LogP contribution >= 0.6 is 39.1 Å². The molecule has 1 heterocycles. The highest BCUT2D eigenvalue weighted by Crippen LogP contribution is 2.35. The summed E-state index contributed by atoms with van der Waals surface area (Å²) in [6.07, 6.45) is 1.78. The van der Waals surface area contributed by atoms with Crippen molar-refractivity contribution in [2.75, 3.05) is 20.1 Å². The smallest absolute Gasteiger partial charge is 0.246 e. The van der Waals surface area contributed by atoms with Crippen molar-refractivity contribution in [2.24, 2.45) is 0 Å². The summed E-state index contributed by atoms with van der Waals surface area (Å²) in [6.45, 7) is 0.921. The molecule has 1 aromatic carbocycles. The van der Waals surface area contributed by atoms with E-state index < -0.39 is 10.0 Å². The van der Waals surface area contributed by atoms with Crippen LogP contribution in [0.4, 0.5) is 0 Å². The molecule has 0 amide bonds. The fourth-order valence-electron chi connectivity index (χ4n) is 2.30. The first-order valence-electron chi connectivity index (χ1n) is 6.18. The molecule has 1 saturated heterocycles. The zero-order valence-corrected chi connectivity index (χ0v) is 14.8. The van der Waals surface area contributed by atoms with Gasteiger partial charge in [-0.2, -0.15) is 4.31 Å². The molecular formula is C12H15BrCl2N2O2S. The van der Waals surface area contributed by atoms with Gasteiger partial charge in [-0.25, -0.2) is 8.42 Å². The summed E-state index contributed by atoms with van der Waals surface area (Å²) in [5.74, 6) is 0. The molecule has 1 aliphatic rings. The number of halogens is 3. The van der Waals surface area contributed by atoms with E-state index in [1.54, 1.807) is 12.1 Å². The summed E-state index contributed by atoms with van der Waals surface area (Å²) >= 11 is 15.4. The summed E-state index contributed by atoms with van der Waals surface area (Å²) in [5, 5.41) is 3.39. The van der Waals surface area contributed by atoms with E-state index in [9.17, 15) is 8.42 Å². The molecule has 0 saturated carbocycles. The van der Waals surface area contributed by atoms with E-state index in [0.29, 0.717) is 17.6 Å². The average molecular weight is 402 g/mol. The van der Waals surface area contributed by atoms with Crippen molar-refractivity contribution in [3.63, 3.8) is 0 Å². The lowest BCUT2D eigenvalue weighted by molar-refractivity contribution is 0.293. The van der Waals surface area contributed by atoms with E-state index in [-0.39, 0.29) is 21.0 Å². The minimum Gasteiger partial charge on any atom is -0.316 e. The normalized spacial score (nSPS) is 21.1. The molecule has 0 aliphatic carbocycles. The van der Waals surface area contributed by atoms with E-state index in [0.717, 1.165) is 12.8 Å². The van der Waals surface area contributed by atoms with Gasteiger partial charge in [0.05, 0.1) is 10.0 Å². The fraction of sp³-hybridized carbons (Fsp3) is 0.500. The molecule has 112 valence electrons. The second-order valence-electron chi connectivity index (χ2n) is 4.69. The molecule has 0 spiro atoms. The summed E-state index contributed by atoms with van der Waals surface area (Å²) in [5.41, 5.74) is 0. The maximum absolute atomic E-state index is 12.7. The van der Waals surface area contributed by atoms with Crippen LogP contribution in [0, 0.1) is 0 Å². The third-order valence-electron chi connectivity index (χ3n) is 3.35. The third-order valence-corrected chi connectivity index (χ3v) is 6.60. The first-order chi connectivity index (χ1) is 9.36. The maximum atomic E-state index is 12.7. The van der Waals surface area contributed by atoms with Crippen LogP contribution in [0.5, 0.6) is 0 Å². The minimum atomic E-state index is -3.67. The zero-order chi connectivity index (χ0) is 14.9. The van der Waals surface area contributed by atoms with Gasteiger partial charge in [0.25, 0.3) is 0 Å². The summed E-state index contributed by atoms with van der Waals surface area (Å²) in [7, 11) is -1.84. The van der Waals surface area contributed by atoms with Gasteiger partial charge in [-0.05, 0) is 32.0 Å². The van der Waals surface area contributed by atoms with Gasteiger partial charge in [0, 0.05) is 23.6 Å². The number of hydrogen-bond donors (Lipinski definition) is 1. The Hall–Kier alpha value is 0.150. The lowest BCUT2D eigenvalue weighted by Gasteiger charge is -2.32. The van der Waals surface area contributed by atoms with Crippen LogP contribution in [0.1, 0.15) is 12.8 Å². The first-order valence-corrected chi connectivity index (χ1v) is 9.17. The van der Waals surface area contributed by atoms with E-state index in [1.165, 1.54) is 4.31 Å². The molecule has 2 rings (SSSR count). The summed E-state index contributed by atoms with van der Waals surface area (Å²) < 4.78 is 27.5. The van der Waals surface area contributed by atoms with Crippen molar-refractivity contribution in [1.29, 1.82) is 0 Å². The molecule has 1 aromatic rings. The predicted octanol–water partition coefficient (Wildman–Crippen LogP) is 3.13. The zero-order valence-electron chi connectivity index (χ0n) is 10.9. The number of nitrogens with zero attached hydrogens (tertiary/aromatic N) is 1. The monoisotopic (exact) mass is 400 g/mol. The molecule has 1 unspecified atom stereocenters. The summed E-state index contributed by atoms with van der Waals surface area (Å²) in [4.78, 5) is -0.0132. The number of piperidine rings is 1. The first kappa shape index (κ1) is 16.5. The molecule has 1 atom stereocenters. The Morgan fingerprint density at radius 2 is 1.95 bits per heavy atom. The number of likely N-dealkylation sites (N-methyl/N-ethyl adjacent to an activating group) is 1. The molecule has 0 aromatic heterocycles. The molecule has 1 N–H and O–H groups in total. The SMILES string of the molecule is CNC1CCCN(S(=O)(=O)c2c(Cl)cc(Br)cc2Cl)C1. The molecular weight excluding hydrogens is 387 g/mol. The topological polar surface area (TPSA) is 49.4 Å². The predicted molar refractivity (Wildman–Crippen MR) is 85.0 cm³/mol. The molecule has 20 heavy (non-hydrogen) atoms. The van der Waals surface area contributed by atoms with Crippen LogP contribution in [-0.2, 0) is 10.0 Å². The van der Waals surface area contributed by atoms with Crippen LogP contribution in [0.15, 0.2) is 21.5 Å². The molecule has 1 aliphatic heterocycles. The average Bonchev–Trinajstić information content (AvgIpc) is 2.37. The largest absolute Gasteiger partial charge is 0.316 e. The third kappa shape index (κ3) is 3.31. The highest BCUT2D eigenvalue weighted by molar-refractivity contribution is 9.10.